The molecule has 0 saturated heterocycles. The van der Waals surface area contributed by atoms with Crippen LogP contribution in [0.3, 0.4) is 0 Å². The van der Waals surface area contributed by atoms with E-state index in [0.717, 1.165) is 17.7 Å². The predicted octanol–water partition coefficient (Wildman–Crippen LogP) is -0.947. The van der Waals surface area contributed by atoms with Crippen molar-refractivity contribution in [3.8, 4) is 0 Å². The van der Waals surface area contributed by atoms with E-state index in [4.69, 9.17) is 0 Å². The summed E-state index contributed by atoms with van der Waals surface area (Å²) in [7, 11) is 0. The normalized spacial score (nSPS) is 10.7. The van der Waals surface area contributed by atoms with Crippen molar-refractivity contribution in [1.29, 1.82) is 0 Å². The third-order valence-electron chi connectivity index (χ3n) is 1.46. The van der Waals surface area contributed by atoms with E-state index in [-0.39, 0.29) is 51.4 Å². The van der Waals surface area contributed by atoms with Crippen molar-refractivity contribution in [3.05, 3.63) is 29.8 Å². The van der Waals surface area contributed by atoms with Gasteiger partial charge in [-0.05, 0) is 6.92 Å². The number of halogens is 3. The first kappa shape index (κ1) is 12.7. The van der Waals surface area contributed by atoms with Crippen LogP contribution in [-0.2, 0) is 0 Å². The molecule has 0 aliphatic rings. The summed E-state index contributed by atoms with van der Waals surface area (Å²) < 4.78 is 35.9. The summed E-state index contributed by atoms with van der Waals surface area (Å²) in [4.78, 5) is 0. The fraction of sp³-hybridized carbons (Fsp3) is 0.143. The molecule has 0 aliphatic heterocycles. The van der Waals surface area contributed by atoms with Crippen LogP contribution in [0, 0.1) is 6.92 Å². The molecule has 5 heteroatoms. The smallest absolute Gasteiger partial charge is 0.445 e. The van der Waals surface area contributed by atoms with Gasteiger partial charge in [0.2, 0.25) is 0 Å². The summed E-state index contributed by atoms with van der Waals surface area (Å²) in [6, 6.07) is 5.14. The van der Waals surface area contributed by atoms with Crippen LogP contribution >= 0.6 is 0 Å². The molecule has 0 heterocycles. The average Bonchev–Trinajstić information content (AvgIpc) is 1.86. The molecule has 0 N–H and O–H groups in total. The number of hydrogen-bond acceptors (Lipinski definition) is 0. The minimum absolute atomic E-state index is 0. The minimum atomic E-state index is -4.82. The molecule has 60 valence electrons. The average molecular weight is 198 g/mol. The Kier molecular flexibility index (Phi) is 5.10. The quantitative estimate of drug-likeness (QED) is 0.510. The molecule has 0 saturated carbocycles. The van der Waals surface area contributed by atoms with Gasteiger partial charge in [-0.25, -0.2) is 0 Å². The number of rotatable bonds is 1. The van der Waals surface area contributed by atoms with Gasteiger partial charge in [0.05, 0.1) is 0 Å². The molecule has 0 radical (unpaired) electrons. The van der Waals surface area contributed by atoms with Crippen LogP contribution in [0.1, 0.15) is 5.56 Å². The van der Waals surface area contributed by atoms with Gasteiger partial charge in [-0.15, -0.1) is 5.46 Å². The second kappa shape index (κ2) is 4.81. The van der Waals surface area contributed by atoms with Crippen LogP contribution in [0.25, 0.3) is 0 Å². The summed E-state index contributed by atoms with van der Waals surface area (Å²) in [6.07, 6.45) is 0. The first-order valence-corrected chi connectivity index (χ1v) is 3.26. The molecular weight excluding hydrogens is 191 g/mol. The van der Waals surface area contributed by atoms with Gasteiger partial charge in [0.25, 0.3) is 0 Å². The maximum atomic E-state index is 12.0. The third kappa shape index (κ3) is 3.62. The van der Waals surface area contributed by atoms with Crippen molar-refractivity contribution in [1.82, 2.24) is 0 Å². The number of hydrogen-bond donors (Lipinski definition) is 0. The van der Waals surface area contributed by atoms with Gasteiger partial charge in [-0.3, -0.25) is 0 Å². The zero-order valence-corrected chi connectivity index (χ0v) is 10.1. The van der Waals surface area contributed by atoms with E-state index in [1.807, 2.05) is 0 Å². The summed E-state index contributed by atoms with van der Waals surface area (Å²) in [5.74, 6) is 0. The molecule has 0 aromatic heterocycles. The van der Waals surface area contributed by atoms with Crippen molar-refractivity contribution < 1.29 is 64.3 Å². The zero-order chi connectivity index (χ0) is 8.48. The third-order valence-corrected chi connectivity index (χ3v) is 1.46. The van der Waals surface area contributed by atoms with Crippen LogP contribution < -0.4 is 56.8 Å². The Hall–Kier alpha value is 0.711. The van der Waals surface area contributed by atoms with Crippen molar-refractivity contribution in [3.63, 3.8) is 0 Å². The predicted molar refractivity (Wildman–Crippen MR) is 39.9 cm³/mol. The molecule has 1 rings (SSSR count). The Balaban J connectivity index is 0.00000121. The molecule has 0 nitrogen and oxygen atoms in total. The standard InChI is InChI=1S/C7H7BF3.K/c1-6-2-4-7(5-3-6)8(9,10)11;/h2-5H,1H3;/q-1;+1. The molecule has 0 amide bonds. The van der Waals surface area contributed by atoms with E-state index < -0.39 is 12.4 Å². The molecule has 0 atom stereocenters. The van der Waals surface area contributed by atoms with Gasteiger partial charge < -0.3 is 12.9 Å². The fourth-order valence-electron chi connectivity index (χ4n) is 0.785. The monoisotopic (exact) mass is 198 g/mol. The maximum absolute atomic E-state index is 12.0. The van der Waals surface area contributed by atoms with E-state index in [1.165, 1.54) is 12.1 Å². The van der Waals surface area contributed by atoms with Gasteiger partial charge in [0, 0.05) is 0 Å². The Labute approximate surface area is 112 Å². The van der Waals surface area contributed by atoms with E-state index >= 15 is 0 Å². The minimum Gasteiger partial charge on any atom is -0.445 e. The van der Waals surface area contributed by atoms with E-state index in [2.05, 4.69) is 0 Å². The van der Waals surface area contributed by atoms with E-state index in [0.29, 0.717) is 0 Å². The molecular formula is C7H7BF3K. The molecule has 0 aliphatic carbocycles. The SMILES string of the molecule is Cc1ccc([B-](F)(F)F)cc1.[K+]. The van der Waals surface area contributed by atoms with Crippen LogP contribution in [-0.4, -0.2) is 6.98 Å². The molecule has 0 spiro atoms. The van der Waals surface area contributed by atoms with Gasteiger partial charge in [0.15, 0.2) is 0 Å². The van der Waals surface area contributed by atoms with E-state index in [9.17, 15) is 12.9 Å². The first-order chi connectivity index (χ1) is 5.00. The summed E-state index contributed by atoms with van der Waals surface area (Å²) >= 11 is 0. The Morgan fingerprint density at radius 2 is 1.42 bits per heavy atom. The van der Waals surface area contributed by atoms with Gasteiger partial charge in [-0.1, -0.05) is 29.8 Å². The Bertz CT molecular complexity index is 242. The molecule has 1 aromatic rings. The largest absolute Gasteiger partial charge is 1.00 e. The van der Waals surface area contributed by atoms with Gasteiger partial charge in [0.1, 0.15) is 0 Å². The van der Waals surface area contributed by atoms with Crippen molar-refractivity contribution >= 4 is 12.4 Å². The van der Waals surface area contributed by atoms with Crippen LogP contribution in [0.2, 0.25) is 0 Å². The zero-order valence-electron chi connectivity index (χ0n) is 7.02. The molecule has 0 unspecified atom stereocenters. The summed E-state index contributed by atoms with van der Waals surface area (Å²) in [6.45, 7) is -3.06. The summed E-state index contributed by atoms with van der Waals surface area (Å²) in [5.41, 5.74) is 0.310. The summed E-state index contributed by atoms with van der Waals surface area (Å²) in [5, 5.41) is 0. The van der Waals surface area contributed by atoms with Crippen molar-refractivity contribution in [2.75, 3.05) is 0 Å². The Morgan fingerprint density at radius 3 is 1.75 bits per heavy atom. The van der Waals surface area contributed by atoms with Gasteiger partial charge in [-0.2, -0.15) is 0 Å². The van der Waals surface area contributed by atoms with Crippen LogP contribution in [0.15, 0.2) is 24.3 Å². The van der Waals surface area contributed by atoms with Crippen LogP contribution in [0.5, 0.6) is 0 Å². The Morgan fingerprint density at radius 1 is 1.00 bits per heavy atom. The molecule has 0 fully saturated rings. The maximum Gasteiger partial charge on any atom is 1.00 e. The molecule has 12 heavy (non-hydrogen) atoms. The second-order valence-corrected chi connectivity index (χ2v) is 2.49. The fourth-order valence-corrected chi connectivity index (χ4v) is 0.785. The number of aryl methyl sites for hydroxylation is 1. The van der Waals surface area contributed by atoms with Crippen molar-refractivity contribution in [2.45, 2.75) is 6.92 Å². The second-order valence-electron chi connectivity index (χ2n) is 2.49. The molecule has 0 bridgehead atoms. The first-order valence-electron chi connectivity index (χ1n) is 3.26. The topological polar surface area (TPSA) is 0 Å². The van der Waals surface area contributed by atoms with Crippen LogP contribution in [0.4, 0.5) is 12.9 Å². The number of benzene rings is 1. The van der Waals surface area contributed by atoms with Gasteiger partial charge >= 0.3 is 58.4 Å². The van der Waals surface area contributed by atoms with Crippen molar-refractivity contribution in [2.24, 2.45) is 0 Å². The van der Waals surface area contributed by atoms with E-state index in [1.54, 1.807) is 6.92 Å². The molecule has 1 aromatic carbocycles.